The highest BCUT2D eigenvalue weighted by Crippen LogP contribution is 2.08. The van der Waals surface area contributed by atoms with Crippen molar-refractivity contribution >= 4 is 5.91 Å². The van der Waals surface area contributed by atoms with Gasteiger partial charge < -0.3 is 10.1 Å². The van der Waals surface area contributed by atoms with E-state index in [9.17, 15) is 4.79 Å². The Balaban J connectivity index is 3.81. The number of hydrogen-bond donors (Lipinski definition) is 1. The second-order valence-corrected chi connectivity index (χ2v) is 5.54. The van der Waals surface area contributed by atoms with Gasteiger partial charge in [-0.25, -0.2) is 0 Å². The minimum absolute atomic E-state index is 0.0712. The molecule has 0 rings (SSSR count). The van der Waals surface area contributed by atoms with Crippen molar-refractivity contribution in [1.82, 2.24) is 5.32 Å². The molecule has 3 nitrogen and oxygen atoms in total. The molecule has 1 amide bonds. The van der Waals surface area contributed by atoms with E-state index in [0.717, 1.165) is 18.7 Å². The number of carbonyl (C=O) groups is 1. The van der Waals surface area contributed by atoms with Crippen LogP contribution in [0.3, 0.4) is 0 Å². The average Bonchev–Trinajstić information content (AvgIpc) is 2.53. The quantitative estimate of drug-likeness (QED) is 0.227. The number of rotatable bonds is 13. The first-order valence-electron chi connectivity index (χ1n) is 8.48. The fourth-order valence-corrected chi connectivity index (χ4v) is 2.07. The van der Waals surface area contributed by atoms with Crippen LogP contribution in [-0.4, -0.2) is 19.6 Å². The summed E-state index contributed by atoms with van der Waals surface area (Å²) in [6, 6.07) is 0. The van der Waals surface area contributed by atoms with Gasteiger partial charge in [-0.05, 0) is 25.5 Å². The van der Waals surface area contributed by atoms with Gasteiger partial charge in [0.2, 0.25) is 0 Å². The van der Waals surface area contributed by atoms with Crippen LogP contribution in [-0.2, 0) is 9.53 Å². The van der Waals surface area contributed by atoms with Crippen molar-refractivity contribution in [2.75, 3.05) is 13.7 Å². The van der Waals surface area contributed by atoms with Crippen molar-refractivity contribution in [2.45, 2.75) is 65.2 Å². The lowest BCUT2D eigenvalue weighted by Crippen LogP contribution is -2.25. The van der Waals surface area contributed by atoms with Crippen LogP contribution in [0.4, 0.5) is 0 Å². The van der Waals surface area contributed by atoms with E-state index >= 15 is 0 Å². The molecule has 0 heterocycles. The fraction of sp³-hybridized carbons (Fsp3) is 0.632. The molecule has 0 saturated heterocycles. The fourth-order valence-electron chi connectivity index (χ4n) is 2.07. The Labute approximate surface area is 136 Å². The number of unbranched alkanes of at least 4 members (excludes halogenated alkanes) is 7. The van der Waals surface area contributed by atoms with E-state index in [1.54, 1.807) is 25.3 Å². The summed E-state index contributed by atoms with van der Waals surface area (Å²) in [7, 11) is 1.61. The van der Waals surface area contributed by atoms with Crippen LogP contribution in [0.25, 0.3) is 0 Å². The van der Waals surface area contributed by atoms with Gasteiger partial charge in [0.25, 0.3) is 5.91 Å². The molecule has 0 aromatic heterocycles. The van der Waals surface area contributed by atoms with Crippen molar-refractivity contribution in [1.29, 1.82) is 0 Å². The maximum absolute atomic E-state index is 12.0. The lowest BCUT2D eigenvalue weighted by molar-refractivity contribution is -0.117. The standard InChI is InChI=1S/C19H33NO2/c1-5-7-8-9-10-11-12-13-16-20-19(21)18(6-2)15-14-17(3)22-4/h6,14-15H,2,5,7-13,16H2,1,3-4H3,(H,20,21)/b17-14+,18-15+. The Morgan fingerprint density at radius 3 is 2.18 bits per heavy atom. The summed E-state index contributed by atoms with van der Waals surface area (Å²) < 4.78 is 5.04. The largest absolute Gasteiger partial charge is 0.501 e. The summed E-state index contributed by atoms with van der Waals surface area (Å²) in [5, 5.41) is 2.94. The Hall–Kier alpha value is -1.51. The highest BCUT2D eigenvalue weighted by atomic mass is 16.5. The van der Waals surface area contributed by atoms with Crippen molar-refractivity contribution in [2.24, 2.45) is 0 Å². The molecule has 22 heavy (non-hydrogen) atoms. The zero-order valence-corrected chi connectivity index (χ0v) is 14.6. The maximum Gasteiger partial charge on any atom is 0.251 e. The smallest absolute Gasteiger partial charge is 0.251 e. The van der Waals surface area contributed by atoms with Crippen molar-refractivity contribution < 1.29 is 9.53 Å². The first-order chi connectivity index (χ1) is 10.7. The Morgan fingerprint density at radius 2 is 1.64 bits per heavy atom. The van der Waals surface area contributed by atoms with Crippen molar-refractivity contribution in [3.63, 3.8) is 0 Å². The zero-order valence-electron chi connectivity index (χ0n) is 14.6. The van der Waals surface area contributed by atoms with E-state index in [4.69, 9.17) is 4.74 Å². The third-order valence-electron chi connectivity index (χ3n) is 3.62. The number of hydrogen-bond acceptors (Lipinski definition) is 2. The summed E-state index contributed by atoms with van der Waals surface area (Å²) in [6.07, 6.45) is 15.2. The van der Waals surface area contributed by atoms with Gasteiger partial charge in [0.15, 0.2) is 0 Å². The Kier molecular flexibility index (Phi) is 13.4. The molecule has 0 radical (unpaired) electrons. The summed E-state index contributed by atoms with van der Waals surface area (Å²) in [6.45, 7) is 8.49. The van der Waals surface area contributed by atoms with Crippen LogP contribution in [0.2, 0.25) is 0 Å². The zero-order chi connectivity index (χ0) is 16.6. The number of ether oxygens (including phenoxy) is 1. The SMILES string of the molecule is C=C/C(=C\C=C(/C)OC)C(=O)NCCCCCCCCCC. The van der Waals surface area contributed by atoms with E-state index in [0.29, 0.717) is 5.57 Å². The second-order valence-electron chi connectivity index (χ2n) is 5.54. The molecule has 0 aromatic rings. The molecular formula is C19H33NO2. The van der Waals surface area contributed by atoms with Crippen molar-refractivity contribution in [3.8, 4) is 0 Å². The Morgan fingerprint density at radius 1 is 1.05 bits per heavy atom. The molecule has 0 fully saturated rings. The monoisotopic (exact) mass is 307 g/mol. The maximum atomic E-state index is 12.0. The lowest BCUT2D eigenvalue weighted by Gasteiger charge is -2.06. The van der Waals surface area contributed by atoms with Gasteiger partial charge in [-0.3, -0.25) is 4.79 Å². The summed E-state index contributed by atoms with van der Waals surface area (Å²) in [5.41, 5.74) is 0.566. The first-order valence-corrected chi connectivity index (χ1v) is 8.48. The van der Waals surface area contributed by atoms with Gasteiger partial charge in [0.05, 0.1) is 12.9 Å². The van der Waals surface area contributed by atoms with Crippen LogP contribution in [0.5, 0.6) is 0 Å². The van der Waals surface area contributed by atoms with E-state index < -0.39 is 0 Å². The summed E-state index contributed by atoms with van der Waals surface area (Å²) in [5.74, 6) is 0.688. The molecule has 0 aliphatic carbocycles. The topological polar surface area (TPSA) is 38.3 Å². The minimum Gasteiger partial charge on any atom is -0.501 e. The van der Waals surface area contributed by atoms with Gasteiger partial charge >= 0.3 is 0 Å². The lowest BCUT2D eigenvalue weighted by atomic mass is 10.1. The highest BCUT2D eigenvalue weighted by Gasteiger charge is 2.03. The summed E-state index contributed by atoms with van der Waals surface area (Å²) >= 11 is 0. The molecule has 0 saturated carbocycles. The summed E-state index contributed by atoms with van der Waals surface area (Å²) in [4.78, 5) is 12.0. The van der Waals surface area contributed by atoms with Crippen LogP contribution >= 0.6 is 0 Å². The number of amides is 1. The van der Waals surface area contributed by atoms with Gasteiger partial charge in [-0.1, -0.05) is 64.5 Å². The van der Waals surface area contributed by atoms with E-state index in [2.05, 4.69) is 18.8 Å². The third-order valence-corrected chi connectivity index (χ3v) is 3.62. The third kappa shape index (κ3) is 11.2. The van der Waals surface area contributed by atoms with E-state index in [1.807, 2.05) is 6.92 Å². The average molecular weight is 307 g/mol. The molecule has 1 N–H and O–H groups in total. The molecule has 0 bridgehead atoms. The number of nitrogens with one attached hydrogen (secondary N) is 1. The molecule has 0 aliphatic heterocycles. The van der Waals surface area contributed by atoms with Gasteiger partial charge in [0.1, 0.15) is 0 Å². The first kappa shape index (κ1) is 20.5. The van der Waals surface area contributed by atoms with Crippen molar-refractivity contribution in [3.05, 3.63) is 36.1 Å². The number of methoxy groups -OCH3 is 1. The molecule has 0 spiro atoms. The normalized spacial score (nSPS) is 12.1. The van der Waals surface area contributed by atoms with E-state index in [1.165, 1.54) is 44.9 Å². The van der Waals surface area contributed by atoms with Crippen LogP contribution < -0.4 is 5.32 Å². The molecule has 3 heteroatoms. The molecule has 0 atom stereocenters. The molecular weight excluding hydrogens is 274 g/mol. The molecule has 0 unspecified atom stereocenters. The van der Waals surface area contributed by atoms with E-state index in [-0.39, 0.29) is 5.91 Å². The van der Waals surface area contributed by atoms with Gasteiger partial charge in [-0.15, -0.1) is 0 Å². The molecule has 126 valence electrons. The molecule has 0 aromatic carbocycles. The van der Waals surface area contributed by atoms with Gasteiger partial charge in [0, 0.05) is 12.1 Å². The predicted octanol–water partition coefficient (Wildman–Crippen LogP) is 4.91. The van der Waals surface area contributed by atoms with Crippen LogP contribution in [0.15, 0.2) is 36.1 Å². The predicted molar refractivity (Wildman–Crippen MR) is 94.7 cm³/mol. The highest BCUT2D eigenvalue weighted by molar-refractivity contribution is 5.96. The van der Waals surface area contributed by atoms with Gasteiger partial charge in [-0.2, -0.15) is 0 Å². The molecule has 0 aliphatic rings. The number of carbonyl (C=O) groups excluding carboxylic acids is 1. The van der Waals surface area contributed by atoms with Crippen LogP contribution in [0, 0.1) is 0 Å². The minimum atomic E-state index is -0.0712. The van der Waals surface area contributed by atoms with Crippen LogP contribution in [0.1, 0.15) is 65.2 Å². The second kappa shape index (κ2) is 14.4. The Bertz CT molecular complexity index is 370. The number of allylic oxidation sites excluding steroid dienone is 3.